The molecular formula is C15H22BrN5O. The lowest BCUT2D eigenvalue weighted by atomic mass is 10.3. The van der Waals surface area contributed by atoms with E-state index >= 15 is 0 Å². The number of aryl methyl sites for hydroxylation is 5. The van der Waals surface area contributed by atoms with Crippen molar-refractivity contribution in [2.24, 2.45) is 0 Å². The van der Waals surface area contributed by atoms with Crippen LogP contribution in [0.5, 0.6) is 0 Å². The Morgan fingerprint density at radius 2 is 2.05 bits per heavy atom. The van der Waals surface area contributed by atoms with Gasteiger partial charge in [-0.1, -0.05) is 0 Å². The molecule has 0 unspecified atom stereocenters. The minimum absolute atomic E-state index is 0.0605. The number of rotatable bonds is 7. The number of hydrogen-bond donors (Lipinski definition) is 1. The van der Waals surface area contributed by atoms with Gasteiger partial charge in [0.15, 0.2) is 0 Å². The fraction of sp³-hybridized carbons (Fsp3) is 0.533. The van der Waals surface area contributed by atoms with Crippen molar-refractivity contribution in [3.63, 3.8) is 0 Å². The van der Waals surface area contributed by atoms with Crippen molar-refractivity contribution in [1.29, 1.82) is 0 Å². The molecule has 2 heterocycles. The van der Waals surface area contributed by atoms with Crippen molar-refractivity contribution in [1.82, 2.24) is 24.9 Å². The summed E-state index contributed by atoms with van der Waals surface area (Å²) < 4.78 is 4.78. The lowest BCUT2D eigenvalue weighted by Crippen LogP contribution is -2.26. The van der Waals surface area contributed by atoms with E-state index in [1.54, 1.807) is 0 Å². The zero-order chi connectivity index (χ0) is 16.1. The van der Waals surface area contributed by atoms with E-state index in [1.165, 1.54) is 0 Å². The van der Waals surface area contributed by atoms with E-state index in [-0.39, 0.29) is 5.91 Å². The van der Waals surface area contributed by atoms with E-state index in [0.717, 1.165) is 34.5 Å². The Bertz CT molecular complexity index is 627. The van der Waals surface area contributed by atoms with Crippen LogP contribution < -0.4 is 5.32 Å². The van der Waals surface area contributed by atoms with Gasteiger partial charge in [0.05, 0.1) is 15.9 Å². The molecule has 0 saturated heterocycles. The van der Waals surface area contributed by atoms with Crippen molar-refractivity contribution >= 4 is 21.8 Å². The van der Waals surface area contributed by atoms with Gasteiger partial charge >= 0.3 is 0 Å². The van der Waals surface area contributed by atoms with E-state index in [0.29, 0.717) is 19.5 Å². The Kier molecular flexibility index (Phi) is 5.76. The molecule has 1 amide bonds. The maximum absolute atomic E-state index is 11.8. The molecule has 2 aromatic heterocycles. The summed E-state index contributed by atoms with van der Waals surface area (Å²) in [5.41, 5.74) is 3.05. The molecule has 6 nitrogen and oxygen atoms in total. The highest BCUT2D eigenvalue weighted by molar-refractivity contribution is 9.10. The Morgan fingerprint density at radius 3 is 2.64 bits per heavy atom. The quantitative estimate of drug-likeness (QED) is 0.764. The second-order valence-corrected chi connectivity index (χ2v) is 6.28. The highest BCUT2D eigenvalue weighted by Gasteiger charge is 2.05. The fourth-order valence-corrected chi connectivity index (χ4v) is 2.59. The number of amides is 1. The summed E-state index contributed by atoms with van der Waals surface area (Å²) >= 11 is 3.44. The van der Waals surface area contributed by atoms with Crippen LogP contribution >= 0.6 is 15.9 Å². The number of carbonyl (C=O) groups excluding carboxylic acids is 1. The number of halogens is 1. The fourth-order valence-electron chi connectivity index (χ4n) is 2.27. The van der Waals surface area contributed by atoms with E-state index in [1.807, 2.05) is 42.4 Å². The van der Waals surface area contributed by atoms with Crippen LogP contribution in [0.25, 0.3) is 0 Å². The van der Waals surface area contributed by atoms with Crippen LogP contribution in [-0.2, 0) is 17.9 Å². The molecule has 0 aromatic carbocycles. The van der Waals surface area contributed by atoms with Gasteiger partial charge in [0.2, 0.25) is 5.91 Å². The van der Waals surface area contributed by atoms with Gasteiger partial charge in [-0.25, -0.2) is 0 Å². The molecule has 7 heteroatoms. The minimum Gasteiger partial charge on any atom is -0.356 e. The van der Waals surface area contributed by atoms with Crippen LogP contribution in [0.1, 0.15) is 29.9 Å². The lowest BCUT2D eigenvalue weighted by molar-refractivity contribution is -0.121. The smallest absolute Gasteiger partial charge is 0.221 e. The second kappa shape index (κ2) is 7.58. The Labute approximate surface area is 139 Å². The number of hydrogen-bond acceptors (Lipinski definition) is 3. The standard InChI is InChI=1S/C15H22BrN5O/c1-11-9-12(2)21(18-11)8-5-15(22)17-6-4-7-20-10-14(16)13(3)19-20/h9-10H,4-8H2,1-3H3,(H,17,22). The first-order valence-electron chi connectivity index (χ1n) is 7.43. The average molecular weight is 368 g/mol. The molecule has 0 fully saturated rings. The molecule has 0 aliphatic rings. The van der Waals surface area contributed by atoms with E-state index in [9.17, 15) is 4.79 Å². The van der Waals surface area contributed by atoms with Gasteiger partial charge in [-0.2, -0.15) is 10.2 Å². The van der Waals surface area contributed by atoms with Crippen molar-refractivity contribution in [2.75, 3.05) is 6.54 Å². The normalized spacial score (nSPS) is 10.9. The third-order valence-corrected chi connectivity index (χ3v) is 4.21. The monoisotopic (exact) mass is 367 g/mol. The number of carbonyl (C=O) groups is 1. The van der Waals surface area contributed by atoms with Crippen molar-refractivity contribution in [3.8, 4) is 0 Å². The predicted octanol–water partition coefficient (Wildman–Crippen LogP) is 2.36. The number of nitrogens with one attached hydrogen (secondary N) is 1. The maximum Gasteiger partial charge on any atom is 0.221 e. The number of nitrogens with zero attached hydrogens (tertiary/aromatic N) is 4. The molecule has 1 N–H and O–H groups in total. The Morgan fingerprint density at radius 1 is 1.27 bits per heavy atom. The highest BCUT2D eigenvalue weighted by atomic mass is 79.9. The first kappa shape index (κ1) is 16.7. The van der Waals surface area contributed by atoms with Gasteiger partial charge in [0.1, 0.15) is 0 Å². The molecule has 0 radical (unpaired) electrons. The Balaban J connectivity index is 1.64. The summed E-state index contributed by atoms with van der Waals surface area (Å²) in [7, 11) is 0. The third kappa shape index (κ3) is 4.69. The zero-order valence-corrected chi connectivity index (χ0v) is 14.9. The van der Waals surface area contributed by atoms with Gasteiger partial charge in [0.25, 0.3) is 0 Å². The average Bonchev–Trinajstić information content (AvgIpc) is 2.95. The van der Waals surface area contributed by atoms with Crippen molar-refractivity contribution in [2.45, 2.75) is 46.7 Å². The molecular weight excluding hydrogens is 346 g/mol. The van der Waals surface area contributed by atoms with Gasteiger partial charge in [-0.3, -0.25) is 14.2 Å². The minimum atomic E-state index is 0.0605. The summed E-state index contributed by atoms with van der Waals surface area (Å²) in [6.45, 7) is 8.00. The van der Waals surface area contributed by atoms with Crippen LogP contribution in [0.15, 0.2) is 16.7 Å². The van der Waals surface area contributed by atoms with Crippen LogP contribution in [0.2, 0.25) is 0 Å². The highest BCUT2D eigenvalue weighted by Crippen LogP contribution is 2.13. The largest absolute Gasteiger partial charge is 0.356 e. The molecule has 0 atom stereocenters. The molecule has 120 valence electrons. The van der Waals surface area contributed by atoms with Crippen LogP contribution in [0.4, 0.5) is 0 Å². The van der Waals surface area contributed by atoms with E-state index in [4.69, 9.17) is 0 Å². The molecule has 0 aliphatic carbocycles. The van der Waals surface area contributed by atoms with E-state index in [2.05, 4.69) is 31.4 Å². The van der Waals surface area contributed by atoms with Gasteiger partial charge in [0, 0.05) is 37.9 Å². The molecule has 22 heavy (non-hydrogen) atoms. The Hall–Kier alpha value is -1.63. The van der Waals surface area contributed by atoms with Gasteiger partial charge in [-0.15, -0.1) is 0 Å². The van der Waals surface area contributed by atoms with Crippen molar-refractivity contribution in [3.05, 3.63) is 33.8 Å². The second-order valence-electron chi connectivity index (χ2n) is 5.43. The SMILES string of the molecule is Cc1cc(C)n(CCC(=O)NCCCn2cc(Br)c(C)n2)n1. The molecule has 2 rings (SSSR count). The molecule has 0 bridgehead atoms. The molecule has 0 spiro atoms. The van der Waals surface area contributed by atoms with Crippen molar-refractivity contribution < 1.29 is 4.79 Å². The summed E-state index contributed by atoms with van der Waals surface area (Å²) in [6, 6.07) is 2.02. The van der Waals surface area contributed by atoms with Gasteiger partial charge < -0.3 is 5.32 Å². The topological polar surface area (TPSA) is 64.7 Å². The maximum atomic E-state index is 11.8. The first-order valence-corrected chi connectivity index (χ1v) is 8.22. The third-order valence-electron chi connectivity index (χ3n) is 3.43. The summed E-state index contributed by atoms with van der Waals surface area (Å²) in [4.78, 5) is 11.8. The van der Waals surface area contributed by atoms with Gasteiger partial charge in [-0.05, 0) is 49.2 Å². The van der Waals surface area contributed by atoms with Crippen LogP contribution in [0, 0.1) is 20.8 Å². The summed E-state index contributed by atoms with van der Waals surface area (Å²) in [5.74, 6) is 0.0605. The van der Waals surface area contributed by atoms with E-state index < -0.39 is 0 Å². The molecule has 2 aromatic rings. The predicted molar refractivity (Wildman–Crippen MR) is 88.6 cm³/mol. The zero-order valence-electron chi connectivity index (χ0n) is 13.3. The molecule has 0 aliphatic heterocycles. The molecule has 0 saturated carbocycles. The van der Waals surface area contributed by atoms with Crippen LogP contribution in [0.3, 0.4) is 0 Å². The summed E-state index contributed by atoms with van der Waals surface area (Å²) in [6.07, 6.45) is 3.27. The van der Waals surface area contributed by atoms with Crippen LogP contribution in [-0.4, -0.2) is 32.0 Å². The lowest BCUT2D eigenvalue weighted by Gasteiger charge is -2.07. The summed E-state index contributed by atoms with van der Waals surface area (Å²) in [5, 5.41) is 11.6. The first-order chi connectivity index (χ1) is 10.5. The number of aromatic nitrogens is 4.